The monoisotopic (exact) mass is 346 g/mol. The first kappa shape index (κ1) is 17.2. The second kappa shape index (κ2) is 7.10. The summed E-state index contributed by atoms with van der Waals surface area (Å²) < 4.78 is 5.45. The molecule has 2 aliphatic rings. The van der Waals surface area contributed by atoms with Crippen LogP contribution >= 0.6 is 0 Å². The summed E-state index contributed by atoms with van der Waals surface area (Å²) in [7, 11) is 0. The van der Waals surface area contributed by atoms with E-state index in [1.165, 1.54) is 0 Å². The summed E-state index contributed by atoms with van der Waals surface area (Å²) in [5.41, 5.74) is 6.75. The number of benzene rings is 1. The lowest BCUT2D eigenvalue weighted by Crippen LogP contribution is -2.41. The minimum absolute atomic E-state index is 0.0156. The van der Waals surface area contributed by atoms with Crippen LogP contribution < -0.4 is 10.6 Å². The van der Waals surface area contributed by atoms with E-state index in [1.54, 1.807) is 29.2 Å². The highest BCUT2D eigenvalue weighted by Gasteiger charge is 2.34. The van der Waals surface area contributed by atoms with Crippen molar-refractivity contribution in [3.8, 4) is 0 Å². The molecule has 0 aliphatic carbocycles. The first-order valence-corrected chi connectivity index (χ1v) is 8.32. The number of cyclic esters (lactones) is 1. The molecule has 2 saturated heterocycles. The van der Waals surface area contributed by atoms with E-state index in [-0.39, 0.29) is 24.0 Å². The highest BCUT2D eigenvalue weighted by atomic mass is 16.6. The van der Waals surface area contributed by atoms with E-state index in [0.29, 0.717) is 50.3 Å². The third-order valence-corrected chi connectivity index (χ3v) is 4.76. The minimum Gasteiger partial charge on any atom is -0.481 e. The van der Waals surface area contributed by atoms with Gasteiger partial charge in [-0.25, -0.2) is 4.79 Å². The third kappa shape index (κ3) is 3.90. The van der Waals surface area contributed by atoms with Crippen LogP contribution in [0.5, 0.6) is 0 Å². The standard InChI is InChI=1S/C17H22N4O4/c18-15(19)11-1-3-13(4-2-11)21-10-14(25-17(21)24)9-20-7-5-12(6-8-20)16(22)23/h1-4,12,14H,5-10H2,(H3,18,19)(H,22,23)/t14-/m1/s1. The Balaban J connectivity index is 1.56. The van der Waals surface area contributed by atoms with Crippen LogP contribution in [0, 0.1) is 11.3 Å². The molecular weight excluding hydrogens is 324 g/mol. The van der Waals surface area contributed by atoms with Gasteiger partial charge in [0.2, 0.25) is 0 Å². The van der Waals surface area contributed by atoms with Crippen LogP contribution in [0.25, 0.3) is 0 Å². The lowest BCUT2D eigenvalue weighted by molar-refractivity contribution is -0.143. The van der Waals surface area contributed by atoms with Crippen LogP contribution in [-0.2, 0) is 9.53 Å². The number of carboxylic acid groups (broad SMARTS) is 1. The number of hydrogen-bond donors (Lipinski definition) is 3. The zero-order valence-corrected chi connectivity index (χ0v) is 13.9. The van der Waals surface area contributed by atoms with Crippen molar-refractivity contribution in [3.05, 3.63) is 29.8 Å². The number of nitrogens with zero attached hydrogens (tertiary/aromatic N) is 2. The van der Waals surface area contributed by atoms with E-state index in [4.69, 9.17) is 21.0 Å². The quantitative estimate of drug-likeness (QED) is 0.542. The fraction of sp³-hybridized carbons (Fsp3) is 0.471. The van der Waals surface area contributed by atoms with Gasteiger partial charge in [0, 0.05) is 17.8 Å². The van der Waals surface area contributed by atoms with E-state index < -0.39 is 5.97 Å². The molecule has 0 aromatic heterocycles. The van der Waals surface area contributed by atoms with Crippen LogP contribution in [0.15, 0.2) is 24.3 Å². The molecule has 0 bridgehead atoms. The number of carbonyl (C=O) groups excluding carboxylic acids is 1. The second-order valence-corrected chi connectivity index (χ2v) is 6.49. The summed E-state index contributed by atoms with van der Waals surface area (Å²) in [4.78, 5) is 26.8. The van der Waals surface area contributed by atoms with Gasteiger partial charge in [0.15, 0.2) is 0 Å². The van der Waals surface area contributed by atoms with E-state index in [9.17, 15) is 9.59 Å². The van der Waals surface area contributed by atoms with Gasteiger partial charge in [-0.05, 0) is 50.2 Å². The van der Waals surface area contributed by atoms with Crippen LogP contribution in [0.4, 0.5) is 10.5 Å². The number of rotatable bonds is 5. The number of carbonyl (C=O) groups is 2. The van der Waals surface area contributed by atoms with Gasteiger partial charge in [-0.3, -0.25) is 20.0 Å². The number of amides is 1. The van der Waals surface area contributed by atoms with E-state index in [2.05, 4.69) is 4.90 Å². The Morgan fingerprint density at radius 1 is 1.28 bits per heavy atom. The first-order chi connectivity index (χ1) is 11.9. The number of nitrogen functional groups attached to an aromatic ring is 1. The van der Waals surface area contributed by atoms with Gasteiger partial charge in [0.25, 0.3) is 0 Å². The van der Waals surface area contributed by atoms with Crippen LogP contribution in [0.2, 0.25) is 0 Å². The summed E-state index contributed by atoms with van der Waals surface area (Å²) in [5, 5.41) is 16.4. The molecule has 8 nitrogen and oxygen atoms in total. The summed E-state index contributed by atoms with van der Waals surface area (Å²) in [6.07, 6.45) is 0.640. The molecule has 0 saturated carbocycles. The SMILES string of the molecule is N=C(N)c1ccc(N2C[C@@H](CN3CCC(C(=O)O)CC3)OC2=O)cc1. The van der Waals surface area contributed by atoms with Crippen molar-refractivity contribution >= 4 is 23.6 Å². The predicted octanol–water partition coefficient (Wildman–Crippen LogP) is 1.09. The van der Waals surface area contributed by atoms with Crippen molar-refractivity contribution in [2.75, 3.05) is 31.1 Å². The van der Waals surface area contributed by atoms with Gasteiger partial charge in [-0.1, -0.05) is 0 Å². The van der Waals surface area contributed by atoms with Crippen molar-refractivity contribution in [1.82, 2.24) is 4.90 Å². The van der Waals surface area contributed by atoms with Gasteiger partial charge >= 0.3 is 12.1 Å². The summed E-state index contributed by atoms with van der Waals surface area (Å²) in [6.45, 7) is 2.48. The second-order valence-electron chi connectivity index (χ2n) is 6.49. The number of carboxylic acids is 1. The number of anilines is 1. The van der Waals surface area contributed by atoms with E-state index in [0.717, 1.165) is 0 Å². The molecule has 1 aromatic carbocycles. The van der Waals surface area contributed by atoms with E-state index >= 15 is 0 Å². The number of piperidine rings is 1. The maximum Gasteiger partial charge on any atom is 0.414 e. The minimum atomic E-state index is -0.730. The number of nitrogens with one attached hydrogen (secondary N) is 1. The number of likely N-dealkylation sites (tertiary alicyclic amines) is 1. The topological polar surface area (TPSA) is 120 Å². The largest absolute Gasteiger partial charge is 0.481 e. The van der Waals surface area contributed by atoms with Gasteiger partial charge in [0.05, 0.1) is 12.5 Å². The molecule has 1 atom stereocenters. The summed E-state index contributed by atoms with van der Waals surface area (Å²) >= 11 is 0. The number of hydrogen-bond acceptors (Lipinski definition) is 5. The maximum absolute atomic E-state index is 12.1. The maximum atomic E-state index is 12.1. The number of ether oxygens (including phenoxy) is 1. The molecular formula is C17H22N4O4. The Kier molecular flexibility index (Phi) is 4.89. The van der Waals surface area contributed by atoms with Crippen LogP contribution in [0.3, 0.4) is 0 Å². The first-order valence-electron chi connectivity index (χ1n) is 8.32. The highest BCUT2D eigenvalue weighted by Crippen LogP contribution is 2.24. The zero-order valence-electron chi connectivity index (χ0n) is 13.9. The van der Waals surface area contributed by atoms with Crippen molar-refractivity contribution in [1.29, 1.82) is 5.41 Å². The molecule has 4 N–H and O–H groups in total. The number of amidine groups is 1. The lowest BCUT2D eigenvalue weighted by atomic mass is 9.97. The Hall–Kier alpha value is -2.61. The smallest absolute Gasteiger partial charge is 0.414 e. The third-order valence-electron chi connectivity index (χ3n) is 4.76. The molecule has 2 heterocycles. The average molecular weight is 346 g/mol. The fourth-order valence-corrected chi connectivity index (χ4v) is 3.30. The molecule has 8 heteroatoms. The Morgan fingerprint density at radius 3 is 2.48 bits per heavy atom. The molecule has 0 spiro atoms. The molecule has 3 rings (SSSR count). The summed E-state index contributed by atoms with van der Waals surface area (Å²) in [6, 6.07) is 6.90. The molecule has 1 amide bonds. The lowest BCUT2D eigenvalue weighted by Gasteiger charge is -2.31. The van der Waals surface area contributed by atoms with Gasteiger partial charge in [-0.2, -0.15) is 0 Å². The number of nitrogens with two attached hydrogens (primary N) is 1. The van der Waals surface area contributed by atoms with Crippen LogP contribution in [-0.4, -0.2) is 60.2 Å². The van der Waals surface area contributed by atoms with Crippen molar-refractivity contribution < 1.29 is 19.4 Å². The van der Waals surface area contributed by atoms with Crippen LogP contribution in [0.1, 0.15) is 18.4 Å². The van der Waals surface area contributed by atoms with Gasteiger partial charge in [0.1, 0.15) is 11.9 Å². The molecule has 1 aromatic rings. The van der Waals surface area contributed by atoms with Crippen molar-refractivity contribution in [2.45, 2.75) is 18.9 Å². The zero-order chi connectivity index (χ0) is 18.0. The predicted molar refractivity (Wildman–Crippen MR) is 91.9 cm³/mol. The molecule has 2 fully saturated rings. The molecule has 0 unspecified atom stereocenters. The van der Waals surface area contributed by atoms with Gasteiger partial charge in [-0.15, -0.1) is 0 Å². The molecule has 0 radical (unpaired) electrons. The Labute approximate surface area is 145 Å². The average Bonchev–Trinajstić information content (AvgIpc) is 2.95. The Bertz CT molecular complexity index is 668. The molecule has 25 heavy (non-hydrogen) atoms. The summed E-state index contributed by atoms with van der Waals surface area (Å²) in [5.74, 6) is -1.01. The van der Waals surface area contributed by atoms with Gasteiger partial charge < -0.3 is 15.6 Å². The van der Waals surface area contributed by atoms with Crippen molar-refractivity contribution in [3.63, 3.8) is 0 Å². The Morgan fingerprint density at radius 2 is 1.92 bits per heavy atom. The molecule has 134 valence electrons. The van der Waals surface area contributed by atoms with E-state index in [1.807, 2.05) is 0 Å². The molecule has 2 aliphatic heterocycles. The highest BCUT2D eigenvalue weighted by molar-refractivity contribution is 5.96. The fourth-order valence-electron chi connectivity index (χ4n) is 3.30. The normalized spacial score (nSPS) is 22.0. The van der Waals surface area contributed by atoms with Crippen molar-refractivity contribution in [2.24, 2.45) is 11.7 Å². The number of aliphatic carboxylic acids is 1.